The number of hydrogen-bond donors (Lipinski definition) is 0. The zero-order valence-electron chi connectivity index (χ0n) is 37.8. The van der Waals surface area contributed by atoms with E-state index in [1.165, 1.54) is 182 Å². The molecule has 0 aliphatic carbocycles. The second kappa shape index (κ2) is 22.8. The molecule has 0 nitrogen and oxygen atoms in total. The number of hydrogen-bond acceptors (Lipinski definition) is 4. The topological polar surface area (TPSA) is 0 Å². The Morgan fingerprint density at radius 2 is 0.707 bits per heavy atom. The van der Waals surface area contributed by atoms with E-state index in [9.17, 15) is 0 Å². The van der Waals surface area contributed by atoms with Crippen LogP contribution in [-0.4, -0.2) is 36.8 Å². The van der Waals surface area contributed by atoms with E-state index >= 15 is 0 Å². The molecule has 0 N–H and O–H groups in total. The van der Waals surface area contributed by atoms with E-state index in [1.54, 1.807) is 26.7 Å². The van der Waals surface area contributed by atoms with Gasteiger partial charge in [0.2, 0.25) is 0 Å². The van der Waals surface area contributed by atoms with E-state index < -0.39 is 36.8 Å². The molecule has 4 heterocycles. The minimum absolute atomic E-state index is 1.24. The molecule has 0 spiro atoms. The van der Waals surface area contributed by atoms with Crippen molar-refractivity contribution in [3.05, 3.63) is 59.7 Å². The molecule has 0 amide bonds. The van der Waals surface area contributed by atoms with Crippen LogP contribution in [-0.2, 0) is 12.8 Å². The number of thiophene rings is 4. The summed E-state index contributed by atoms with van der Waals surface area (Å²) in [4.78, 5) is 21.7. The van der Waals surface area contributed by atoms with E-state index in [-0.39, 0.29) is 0 Å². The van der Waals surface area contributed by atoms with Crippen LogP contribution >= 0.6 is 45.3 Å². The molecular weight excluding hydrogens is 990 g/mol. The molecule has 4 aromatic heterocycles. The fourth-order valence-electron chi connectivity index (χ4n) is 8.62. The zero-order chi connectivity index (χ0) is 41.1. The first-order chi connectivity index (χ1) is 28.0. The SMILES string of the molecule is CCCCCCCCCCCCc1c[c]([Sn]([CH3])([CH3])[CH3])sc1-c1cc2ccc3c(ccc4cc(-c5s[c]([Sn]([CH3])([CH3])[CH3])cc5CCCCCCCCCCCC)sc43)c2s1. The van der Waals surface area contributed by atoms with Crippen LogP contribution in [0.1, 0.15) is 153 Å². The summed E-state index contributed by atoms with van der Waals surface area (Å²) in [6.07, 6.45) is 30.5. The van der Waals surface area contributed by atoms with Gasteiger partial charge < -0.3 is 0 Å². The summed E-state index contributed by atoms with van der Waals surface area (Å²) in [6, 6.07) is 20.1. The van der Waals surface area contributed by atoms with E-state index in [1.807, 2.05) is 0 Å². The predicted octanol–water partition coefficient (Wildman–Crippen LogP) is 18.7. The van der Waals surface area contributed by atoms with Crippen molar-refractivity contribution in [3.8, 4) is 19.5 Å². The number of aryl methyl sites for hydroxylation is 2. The summed E-state index contributed by atoms with van der Waals surface area (Å²) < 4.78 is 6.43. The third-order valence-electron chi connectivity index (χ3n) is 12.3. The van der Waals surface area contributed by atoms with Gasteiger partial charge in [-0.05, 0) is 0 Å². The molecular formula is C52H76S4Sn2. The quantitative estimate of drug-likeness (QED) is 0.0375. The second-order valence-corrected chi connectivity index (χ2v) is 54.6. The standard InChI is InChI=1S/C46H58S4.6CH3.2Sn/c1-3-5-7-9-11-13-15-17-19-21-23-35-29-31-47-45(35)41-33-37-25-27-40-39(43(37)49-41)28-26-38-34-42(50-44(38)40)46-36(30-32-48-46)24-22-20-18-16-14-12-10-8-6-4-2;;;;;;;;/h25-30,33-34H,3-24H2,1-2H3;6*1H3;;. The van der Waals surface area contributed by atoms with Gasteiger partial charge in [-0.2, -0.15) is 0 Å². The van der Waals surface area contributed by atoms with Crippen molar-refractivity contribution in [2.75, 3.05) is 0 Å². The molecule has 0 bridgehead atoms. The van der Waals surface area contributed by atoms with Crippen molar-refractivity contribution < 1.29 is 0 Å². The molecule has 0 atom stereocenters. The summed E-state index contributed by atoms with van der Waals surface area (Å²) >= 11 is 4.03. The summed E-state index contributed by atoms with van der Waals surface area (Å²) in [7, 11) is 0. The van der Waals surface area contributed by atoms with Crippen molar-refractivity contribution >= 4 is 119 Å². The maximum absolute atomic E-state index is 2.66. The van der Waals surface area contributed by atoms with Gasteiger partial charge in [-0.15, -0.1) is 0 Å². The van der Waals surface area contributed by atoms with Gasteiger partial charge in [-0.25, -0.2) is 0 Å². The number of rotatable bonds is 26. The van der Waals surface area contributed by atoms with Crippen LogP contribution in [0, 0.1) is 0 Å². The van der Waals surface area contributed by atoms with Crippen molar-refractivity contribution in [2.24, 2.45) is 0 Å². The molecule has 0 saturated carbocycles. The Balaban J connectivity index is 1.19. The predicted molar refractivity (Wildman–Crippen MR) is 278 cm³/mol. The van der Waals surface area contributed by atoms with Crippen LogP contribution in [0.15, 0.2) is 48.5 Å². The fraction of sp³-hybridized carbons (Fsp3) is 0.577. The number of fused-ring (bicyclic) bond motifs is 5. The third-order valence-corrected chi connectivity index (χ3v) is 36.2. The van der Waals surface area contributed by atoms with Gasteiger partial charge in [0, 0.05) is 0 Å². The van der Waals surface area contributed by atoms with E-state index in [4.69, 9.17) is 0 Å². The average Bonchev–Trinajstić information content (AvgIpc) is 4.00. The Morgan fingerprint density at radius 1 is 0.379 bits per heavy atom. The van der Waals surface area contributed by atoms with Crippen LogP contribution in [0.5, 0.6) is 0 Å². The van der Waals surface area contributed by atoms with Gasteiger partial charge >= 0.3 is 343 Å². The Morgan fingerprint density at radius 3 is 1.03 bits per heavy atom. The van der Waals surface area contributed by atoms with Crippen LogP contribution < -0.4 is 5.79 Å². The molecule has 0 fully saturated rings. The van der Waals surface area contributed by atoms with Gasteiger partial charge in [0.25, 0.3) is 0 Å². The van der Waals surface area contributed by atoms with E-state index in [2.05, 4.69) is 137 Å². The summed E-state index contributed by atoms with van der Waals surface area (Å²) in [6.45, 7) is 4.63. The first-order valence-electron chi connectivity index (χ1n) is 23.6. The normalized spacial score (nSPS) is 12.6. The van der Waals surface area contributed by atoms with Crippen LogP contribution in [0.4, 0.5) is 0 Å². The van der Waals surface area contributed by atoms with Gasteiger partial charge in [0.1, 0.15) is 0 Å². The summed E-state index contributed by atoms with van der Waals surface area (Å²) in [5.74, 6) is 0. The maximum atomic E-state index is 2.66. The van der Waals surface area contributed by atoms with Crippen molar-refractivity contribution in [3.63, 3.8) is 0 Å². The zero-order valence-corrected chi connectivity index (χ0v) is 46.8. The molecule has 2 aromatic carbocycles. The van der Waals surface area contributed by atoms with Crippen LogP contribution in [0.3, 0.4) is 0 Å². The van der Waals surface area contributed by atoms with Gasteiger partial charge in [-0.3, -0.25) is 0 Å². The first kappa shape index (κ1) is 47.1. The Bertz CT molecular complexity index is 2010. The van der Waals surface area contributed by atoms with Crippen LogP contribution in [0.25, 0.3) is 50.5 Å². The molecule has 0 aliphatic heterocycles. The molecule has 0 unspecified atom stereocenters. The molecule has 58 heavy (non-hydrogen) atoms. The molecule has 0 radical (unpaired) electrons. The van der Waals surface area contributed by atoms with Gasteiger partial charge in [0.15, 0.2) is 0 Å². The Labute approximate surface area is 378 Å². The Hall–Kier alpha value is -0.383. The summed E-state index contributed by atoms with van der Waals surface area (Å²) in [5, 5.41) is 5.73. The number of benzene rings is 2. The van der Waals surface area contributed by atoms with Crippen LogP contribution in [0.2, 0.25) is 29.6 Å². The first-order valence-corrected chi connectivity index (χ1v) is 46.9. The van der Waals surface area contributed by atoms with E-state index in [0.29, 0.717) is 0 Å². The van der Waals surface area contributed by atoms with Crippen molar-refractivity contribution in [1.82, 2.24) is 0 Å². The van der Waals surface area contributed by atoms with Crippen molar-refractivity contribution in [1.29, 1.82) is 0 Å². The number of unbranched alkanes of at least 4 members (excludes halogenated alkanes) is 18. The Kier molecular flexibility index (Phi) is 18.5. The second-order valence-electron chi connectivity index (χ2n) is 19.6. The third kappa shape index (κ3) is 12.9. The minimum atomic E-state index is -2.21. The summed E-state index contributed by atoms with van der Waals surface area (Å²) in [5.41, 5.74) is 3.27. The molecule has 0 aliphatic rings. The molecule has 6 heteroatoms. The van der Waals surface area contributed by atoms with E-state index in [0.717, 1.165) is 0 Å². The van der Waals surface area contributed by atoms with Gasteiger partial charge in [0.05, 0.1) is 0 Å². The monoisotopic (exact) mass is 1070 g/mol. The van der Waals surface area contributed by atoms with Crippen molar-refractivity contribution in [2.45, 2.75) is 185 Å². The average molecular weight is 1070 g/mol. The molecule has 6 rings (SSSR count). The molecule has 0 saturated heterocycles. The molecule has 316 valence electrons. The fourth-order valence-corrected chi connectivity index (χ4v) is 24.3. The van der Waals surface area contributed by atoms with Gasteiger partial charge in [-0.1, -0.05) is 39.5 Å². The molecule has 6 aromatic rings.